The van der Waals surface area contributed by atoms with Crippen LogP contribution in [-0.4, -0.2) is 30.8 Å². The summed E-state index contributed by atoms with van der Waals surface area (Å²) in [5.41, 5.74) is 1.05. The number of nitrogens with one attached hydrogen (secondary N) is 1. The second kappa shape index (κ2) is 5.92. The molecule has 0 spiro atoms. The number of anilines is 1. The van der Waals surface area contributed by atoms with E-state index in [1.807, 2.05) is 0 Å². The lowest BCUT2D eigenvalue weighted by molar-refractivity contribution is 0.0827. The molecular weight excluding hydrogens is 324 g/mol. The van der Waals surface area contributed by atoms with Crippen LogP contribution in [0.1, 0.15) is 20.9 Å². The minimum absolute atomic E-state index is 0.123. The van der Waals surface area contributed by atoms with Crippen LogP contribution in [0.5, 0.6) is 0 Å². The van der Waals surface area contributed by atoms with Crippen molar-refractivity contribution in [3.8, 4) is 0 Å². The second-order valence-corrected chi connectivity index (χ2v) is 5.12. The molecular formula is C14H13BrN2O3. The number of nitrogens with zero attached hydrogens (tertiary/aromatic N) is 1. The molecule has 20 heavy (non-hydrogen) atoms. The van der Waals surface area contributed by atoms with E-state index in [1.165, 1.54) is 4.90 Å². The molecule has 2 aromatic rings. The minimum Gasteiger partial charge on any atom is -0.444 e. The summed E-state index contributed by atoms with van der Waals surface area (Å²) in [4.78, 5) is 25.2. The van der Waals surface area contributed by atoms with Crippen molar-refractivity contribution in [1.29, 1.82) is 0 Å². The Morgan fingerprint density at radius 3 is 2.55 bits per heavy atom. The first-order valence-electron chi connectivity index (χ1n) is 5.86. The molecule has 0 fully saturated rings. The maximum Gasteiger partial charge on any atom is 0.291 e. The molecule has 2 rings (SSSR count). The molecule has 0 radical (unpaired) electrons. The largest absolute Gasteiger partial charge is 0.444 e. The quantitative estimate of drug-likeness (QED) is 0.937. The molecule has 0 bridgehead atoms. The molecule has 5 nitrogen and oxygen atoms in total. The summed E-state index contributed by atoms with van der Waals surface area (Å²) >= 11 is 3.14. The Bertz CT molecular complexity index is 649. The molecule has 0 aliphatic rings. The van der Waals surface area contributed by atoms with Gasteiger partial charge in [-0.3, -0.25) is 9.59 Å². The Kier molecular flexibility index (Phi) is 4.24. The zero-order valence-corrected chi connectivity index (χ0v) is 12.6. The highest BCUT2D eigenvalue weighted by Gasteiger charge is 2.12. The average Bonchev–Trinajstić information content (AvgIpc) is 2.85. The maximum atomic E-state index is 11.9. The van der Waals surface area contributed by atoms with Crippen molar-refractivity contribution >= 4 is 33.4 Å². The van der Waals surface area contributed by atoms with E-state index in [9.17, 15) is 9.59 Å². The van der Waals surface area contributed by atoms with Gasteiger partial charge in [0.1, 0.15) is 0 Å². The number of rotatable bonds is 3. The van der Waals surface area contributed by atoms with Crippen LogP contribution >= 0.6 is 15.9 Å². The number of carbonyl (C=O) groups is 2. The fourth-order valence-corrected chi connectivity index (χ4v) is 1.92. The smallest absolute Gasteiger partial charge is 0.291 e. The summed E-state index contributed by atoms with van der Waals surface area (Å²) in [6.07, 6.45) is 0. The van der Waals surface area contributed by atoms with E-state index in [0.29, 0.717) is 15.9 Å². The van der Waals surface area contributed by atoms with Gasteiger partial charge in [0.05, 0.1) is 0 Å². The number of amides is 2. The van der Waals surface area contributed by atoms with Crippen LogP contribution in [0.2, 0.25) is 0 Å². The molecule has 0 saturated heterocycles. The average molecular weight is 337 g/mol. The summed E-state index contributed by atoms with van der Waals surface area (Å²) in [7, 11) is 3.35. The van der Waals surface area contributed by atoms with Crippen LogP contribution in [0.4, 0.5) is 5.69 Å². The second-order valence-electron chi connectivity index (χ2n) is 4.34. The van der Waals surface area contributed by atoms with Gasteiger partial charge in [-0.15, -0.1) is 0 Å². The lowest BCUT2D eigenvalue weighted by atomic mass is 10.2. The number of furan rings is 1. The lowest BCUT2D eigenvalue weighted by Gasteiger charge is -2.11. The van der Waals surface area contributed by atoms with Crippen molar-refractivity contribution in [2.45, 2.75) is 0 Å². The van der Waals surface area contributed by atoms with E-state index >= 15 is 0 Å². The zero-order chi connectivity index (χ0) is 14.7. The zero-order valence-electron chi connectivity index (χ0n) is 11.0. The van der Waals surface area contributed by atoms with Gasteiger partial charge in [0.2, 0.25) is 0 Å². The summed E-state index contributed by atoms with van der Waals surface area (Å²) in [5.74, 6) is -0.298. The van der Waals surface area contributed by atoms with Gasteiger partial charge in [-0.05, 0) is 46.3 Å². The van der Waals surface area contributed by atoms with Crippen LogP contribution in [-0.2, 0) is 0 Å². The summed E-state index contributed by atoms with van der Waals surface area (Å²) < 4.78 is 5.65. The van der Waals surface area contributed by atoms with Crippen LogP contribution < -0.4 is 5.32 Å². The van der Waals surface area contributed by atoms with Gasteiger partial charge < -0.3 is 14.6 Å². The van der Waals surface area contributed by atoms with Crippen molar-refractivity contribution in [2.75, 3.05) is 19.4 Å². The molecule has 0 aliphatic carbocycles. The van der Waals surface area contributed by atoms with Crippen molar-refractivity contribution in [3.63, 3.8) is 0 Å². The minimum atomic E-state index is -0.370. The molecule has 1 heterocycles. The fourth-order valence-electron chi connectivity index (χ4n) is 1.62. The highest BCUT2D eigenvalue weighted by Crippen LogP contribution is 2.17. The predicted octanol–water partition coefficient (Wildman–Crippen LogP) is 3.00. The molecule has 2 amide bonds. The number of halogens is 1. The number of hydrogen-bond donors (Lipinski definition) is 1. The van der Waals surface area contributed by atoms with E-state index in [4.69, 9.17) is 4.42 Å². The SMILES string of the molecule is CN(C)C(=O)c1cccc(NC(=O)c2ccc(Br)o2)c1. The van der Waals surface area contributed by atoms with Gasteiger partial charge in [0.25, 0.3) is 11.8 Å². The highest BCUT2D eigenvalue weighted by atomic mass is 79.9. The molecule has 0 aliphatic heterocycles. The molecule has 104 valence electrons. The third-order valence-electron chi connectivity index (χ3n) is 2.57. The third kappa shape index (κ3) is 3.27. The highest BCUT2D eigenvalue weighted by molar-refractivity contribution is 9.10. The van der Waals surface area contributed by atoms with Crippen molar-refractivity contribution < 1.29 is 14.0 Å². The Hall–Kier alpha value is -2.08. The van der Waals surface area contributed by atoms with E-state index in [2.05, 4.69) is 21.2 Å². The molecule has 0 atom stereocenters. The van der Waals surface area contributed by atoms with Crippen LogP contribution in [0, 0.1) is 0 Å². The molecule has 1 aromatic carbocycles. The molecule has 1 N–H and O–H groups in total. The Balaban J connectivity index is 2.16. The monoisotopic (exact) mass is 336 g/mol. The number of hydrogen-bond acceptors (Lipinski definition) is 3. The van der Waals surface area contributed by atoms with Gasteiger partial charge >= 0.3 is 0 Å². The van der Waals surface area contributed by atoms with Crippen molar-refractivity contribution in [3.05, 3.63) is 52.4 Å². The molecule has 6 heteroatoms. The van der Waals surface area contributed by atoms with E-state index in [1.54, 1.807) is 50.5 Å². The summed E-state index contributed by atoms with van der Waals surface area (Å²) in [5, 5.41) is 2.68. The van der Waals surface area contributed by atoms with Crippen LogP contribution in [0.15, 0.2) is 45.5 Å². The fraction of sp³-hybridized carbons (Fsp3) is 0.143. The van der Waals surface area contributed by atoms with E-state index < -0.39 is 0 Å². The first kappa shape index (κ1) is 14.3. The van der Waals surface area contributed by atoms with Crippen LogP contribution in [0.3, 0.4) is 0 Å². The van der Waals surface area contributed by atoms with Gasteiger partial charge in [0, 0.05) is 25.3 Å². The van der Waals surface area contributed by atoms with E-state index in [0.717, 1.165) is 0 Å². The van der Waals surface area contributed by atoms with Gasteiger partial charge in [-0.25, -0.2) is 0 Å². The van der Waals surface area contributed by atoms with Crippen molar-refractivity contribution in [1.82, 2.24) is 4.90 Å². The number of benzene rings is 1. The Morgan fingerprint density at radius 1 is 1.20 bits per heavy atom. The molecule has 0 saturated carbocycles. The molecule has 0 unspecified atom stereocenters. The van der Waals surface area contributed by atoms with Gasteiger partial charge in [-0.1, -0.05) is 6.07 Å². The van der Waals surface area contributed by atoms with Gasteiger partial charge in [0.15, 0.2) is 10.4 Å². The van der Waals surface area contributed by atoms with E-state index in [-0.39, 0.29) is 17.6 Å². The Labute approximate surface area is 124 Å². The van der Waals surface area contributed by atoms with Gasteiger partial charge in [-0.2, -0.15) is 0 Å². The molecule has 1 aromatic heterocycles. The first-order chi connectivity index (χ1) is 9.47. The standard InChI is InChI=1S/C14H13BrN2O3/c1-17(2)14(19)9-4-3-5-10(8-9)16-13(18)11-6-7-12(15)20-11/h3-8H,1-2H3,(H,16,18). The lowest BCUT2D eigenvalue weighted by Crippen LogP contribution is -2.21. The summed E-state index contributed by atoms with van der Waals surface area (Å²) in [6, 6.07) is 9.95. The Morgan fingerprint density at radius 2 is 1.95 bits per heavy atom. The van der Waals surface area contributed by atoms with Crippen LogP contribution in [0.25, 0.3) is 0 Å². The number of carbonyl (C=O) groups excluding carboxylic acids is 2. The predicted molar refractivity (Wildman–Crippen MR) is 78.8 cm³/mol. The topological polar surface area (TPSA) is 62.6 Å². The summed E-state index contributed by atoms with van der Waals surface area (Å²) in [6.45, 7) is 0. The van der Waals surface area contributed by atoms with Crippen molar-refractivity contribution in [2.24, 2.45) is 0 Å². The first-order valence-corrected chi connectivity index (χ1v) is 6.65. The maximum absolute atomic E-state index is 11.9. The third-order valence-corrected chi connectivity index (χ3v) is 3.00. The normalized spacial score (nSPS) is 10.2.